The van der Waals surface area contributed by atoms with Crippen molar-refractivity contribution in [1.29, 1.82) is 0 Å². The van der Waals surface area contributed by atoms with Crippen molar-refractivity contribution < 1.29 is 4.55 Å². The van der Waals surface area contributed by atoms with Crippen LogP contribution in [0.3, 0.4) is 0 Å². The van der Waals surface area contributed by atoms with E-state index in [1.807, 2.05) is 18.2 Å². The van der Waals surface area contributed by atoms with Crippen LogP contribution < -0.4 is 5.32 Å². The topological polar surface area (TPSA) is 32.3 Å². The Labute approximate surface area is 75.5 Å². The van der Waals surface area contributed by atoms with Crippen LogP contribution in [0.2, 0.25) is 0 Å². The first-order valence-corrected chi connectivity index (χ1v) is 4.54. The maximum Gasteiger partial charge on any atom is 0.0588 e. The Bertz CT molecular complexity index is 322. The standard InChI is InChI=1S/C9H9NOS/c11-12-8-5-1-3-7-4-2-6-10-9(7)8/h1-5,10-11H,6H2. The molecule has 0 saturated heterocycles. The number of hydrogen-bond acceptors (Lipinski definition) is 3. The summed E-state index contributed by atoms with van der Waals surface area (Å²) in [6, 6.07) is 5.86. The monoisotopic (exact) mass is 179 g/mol. The summed E-state index contributed by atoms with van der Waals surface area (Å²) < 4.78 is 8.95. The van der Waals surface area contributed by atoms with Crippen molar-refractivity contribution in [2.75, 3.05) is 11.9 Å². The summed E-state index contributed by atoms with van der Waals surface area (Å²) in [6.45, 7) is 0.838. The summed E-state index contributed by atoms with van der Waals surface area (Å²) >= 11 is 0.787. The minimum atomic E-state index is 0.787. The molecule has 1 aromatic carbocycles. The first-order chi connectivity index (χ1) is 5.92. The van der Waals surface area contributed by atoms with Crippen molar-refractivity contribution >= 4 is 23.8 Å². The predicted octanol–water partition coefficient (Wildman–Crippen LogP) is 2.69. The summed E-state index contributed by atoms with van der Waals surface area (Å²) in [5.74, 6) is 0. The van der Waals surface area contributed by atoms with Gasteiger partial charge in [0.2, 0.25) is 0 Å². The van der Waals surface area contributed by atoms with Gasteiger partial charge in [0, 0.05) is 18.6 Å². The molecule has 62 valence electrons. The molecule has 0 fully saturated rings. The number of benzene rings is 1. The summed E-state index contributed by atoms with van der Waals surface area (Å²) in [5, 5.41) is 3.21. The number of hydrogen-bond donors (Lipinski definition) is 2. The van der Waals surface area contributed by atoms with Gasteiger partial charge in [0.05, 0.1) is 10.6 Å². The number of anilines is 1. The molecule has 0 saturated carbocycles. The normalized spacial score (nSPS) is 13.8. The van der Waals surface area contributed by atoms with Crippen molar-refractivity contribution in [2.24, 2.45) is 0 Å². The van der Waals surface area contributed by atoms with Gasteiger partial charge in [-0.3, -0.25) is 0 Å². The van der Waals surface area contributed by atoms with Crippen molar-refractivity contribution in [3.63, 3.8) is 0 Å². The highest BCUT2D eigenvalue weighted by molar-refractivity contribution is 7.94. The maximum absolute atomic E-state index is 8.95. The molecule has 1 aliphatic heterocycles. The summed E-state index contributed by atoms with van der Waals surface area (Å²) in [6.07, 6.45) is 4.12. The quantitative estimate of drug-likeness (QED) is 0.650. The number of rotatable bonds is 1. The van der Waals surface area contributed by atoms with Gasteiger partial charge >= 0.3 is 0 Å². The lowest BCUT2D eigenvalue weighted by Gasteiger charge is -2.14. The number of fused-ring (bicyclic) bond motifs is 1. The van der Waals surface area contributed by atoms with Crippen LogP contribution in [0.5, 0.6) is 0 Å². The van der Waals surface area contributed by atoms with E-state index in [4.69, 9.17) is 4.55 Å². The van der Waals surface area contributed by atoms with E-state index in [0.717, 1.165) is 34.7 Å². The second-order valence-electron chi connectivity index (χ2n) is 2.59. The number of nitrogens with one attached hydrogen (secondary N) is 1. The minimum Gasteiger partial charge on any atom is -0.380 e. The van der Waals surface area contributed by atoms with E-state index in [0.29, 0.717) is 0 Å². The van der Waals surface area contributed by atoms with Gasteiger partial charge < -0.3 is 9.87 Å². The van der Waals surface area contributed by atoms with Gasteiger partial charge in [-0.25, -0.2) is 0 Å². The fourth-order valence-electron chi connectivity index (χ4n) is 1.30. The second-order valence-corrected chi connectivity index (χ2v) is 3.22. The van der Waals surface area contributed by atoms with Crippen LogP contribution in [0.25, 0.3) is 6.08 Å². The lowest BCUT2D eigenvalue weighted by molar-refractivity contribution is 0.664. The first kappa shape index (κ1) is 7.71. The molecular formula is C9H9NOS. The van der Waals surface area contributed by atoms with Crippen LogP contribution in [0.15, 0.2) is 29.2 Å². The van der Waals surface area contributed by atoms with E-state index >= 15 is 0 Å². The smallest absolute Gasteiger partial charge is 0.0588 e. The fourth-order valence-corrected chi connectivity index (χ4v) is 1.72. The zero-order valence-corrected chi connectivity index (χ0v) is 7.27. The van der Waals surface area contributed by atoms with Crippen molar-refractivity contribution in [2.45, 2.75) is 4.90 Å². The highest BCUT2D eigenvalue weighted by Gasteiger charge is 2.07. The molecular weight excluding hydrogens is 170 g/mol. The predicted molar refractivity (Wildman–Crippen MR) is 52.5 cm³/mol. The van der Waals surface area contributed by atoms with Gasteiger partial charge in [-0.2, -0.15) is 0 Å². The third-order valence-electron chi connectivity index (χ3n) is 1.85. The Hall–Kier alpha value is -0.930. The van der Waals surface area contributed by atoms with Gasteiger partial charge in [-0.1, -0.05) is 24.3 Å². The lowest BCUT2D eigenvalue weighted by atomic mass is 10.1. The minimum absolute atomic E-state index is 0.787. The molecule has 0 spiro atoms. The summed E-state index contributed by atoms with van der Waals surface area (Å²) in [4.78, 5) is 0.886. The maximum atomic E-state index is 8.95. The Morgan fingerprint density at radius 3 is 3.17 bits per heavy atom. The SMILES string of the molecule is OSc1cccc2c1NCC=C2. The lowest BCUT2D eigenvalue weighted by Crippen LogP contribution is -2.05. The van der Waals surface area contributed by atoms with Crippen LogP contribution in [0, 0.1) is 0 Å². The van der Waals surface area contributed by atoms with E-state index in [1.165, 1.54) is 0 Å². The van der Waals surface area contributed by atoms with Crippen molar-refractivity contribution in [3.05, 3.63) is 29.8 Å². The zero-order valence-electron chi connectivity index (χ0n) is 6.45. The molecule has 0 aromatic heterocycles. The zero-order chi connectivity index (χ0) is 8.39. The van der Waals surface area contributed by atoms with Crippen LogP contribution in [-0.4, -0.2) is 11.1 Å². The van der Waals surface area contributed by atoms with Gasteiger partial charge in [-0.15, -0.1) is 0 Å². The molecule has 0 atom stereocenters. The molecule has 2 N–H and O–H groups in total. The van der Waals surface area contributed by atoms with E-state index in [-0.39, 0.29) is 0 Å². The molecule has 12 heavy (non-hydrogen) atoms. The van der Waals surface area contributed by atoms with E-state index < -0.39 is 0 Å². The summed E-state index contributed by atoms with van der Waals surface area (Å²) in [7, 11) is 0. The molecule has 3 heteroatoms. The molecule has 1 heterocycles. The van der Waals surface area contributed by atoms with Gasteiger partial charge in [0.15, 0.2) is 0 Å². The first-order valence-electron chi connectivity index (χ1n) is 3.76. The Morgan fingerprint density at radius 1 is 1.42 bits per heavy atom. The van der Waals surface area contributed by atoms with Crippen LogP contribution in [0.1, 0.15) is 5.56 Å². The highest BCUT2D eigenvalue weighted by atomic mass is 32.2. The van der Waals surface area contributed by atoms with Crippen molar-refractivity contribution in [1.82, 2.24) is 0 Å². The van der Waals surface area contributed by atoms with Gasteiger partial charge in [-0.05, 0) is 11.6 Å². The van der Waals surface area contributed by atoms with Crippen molar-refractivity contribution in [3.8, 4) is 0 Å². The van der Waals surface area contributed by atoms with Crippen LogP contribution in [-0.2, 0) is 0 Å². The van der Waals surface area contributed by atoms with Gasteiger partial charge in [0.25, 0.3) is 0 Å². The van der Waals surface area contributed by atoms with Crippen LogP contribution in [0.4, 0.5) is 5.69 Å². The largest absolute Gasteiger partial charge is 0.380 e. The molecule has 2 nitrogen and oxygen atoms in total. The number of para-hydroxylation sites is 1. The Morgan fingerprint density at radius 2 is 2.33 bits per heavy atom. The molecule has 2 rings (SSSR count). The Balaban J connectivity index is 2.53. The van der Waals surface area contributed by atoms with E-state index in [1.54, 1.807) is 0 Å². The van der Waals surface area contributed by atoms with E-state index in [9.17, 15) is 0 Å². The molecule has 0 radical (unpaired) electrons. The molecule has 1 aliphatic rings. The average Bonchev–Trinajstić information content (AvgIpc) is 2.17. The fraction of sp³-hybridized carbons (Fsp3) is 0.111. The third-order valence-corrected chi connectivity index (χ3v) is 2.39. The van der Waals surface area contributed by atoms with E-state index in [2.05, 4.69) is 17.5 Å². The second kappa shape index (κ2) is 3.21. The highest BCUT2D eigenvalue weighted by Crippen LogP contribution is 2.30. The third kappa shape index (κ3) is 1.21. The average molecular weight is 179 g/mol. The van der Waals surface area contributed by atoms with Gasteiger partial charge in [0.1, 0.15) is 0 Å². The molecule has 0 bridgehead atoms. The Kier molecular flexibility index (Phi) is 2.06. The molecule has 1 aromatic rings. The molecule has 0 aliphatic carbocycles. The molecule has 0 unspecified atom stereocenters. The van der Waals surface area contributed by atoms with Crippen LogP contribution >= 0.6 is 12.0 Å². The summed E-state index contributed by atoms with van der Waals surface area (Å²) in [5.41, 5.74) is 2.17. The molecule has 0 amide bonds.